The van der Waals surface area contributed by atoms with E-state index in [-0.39, 0.29) is 54.5 Å². The highest BCUT2D eigenvalue weighted by molar-refractivity contribution is 6.34. The Morgan fingerprint density at radius 1 is 1.02 bits per heavy atom. The summed E-state index contributed by atoms with van der Waals surface area (Å²) in [6.45, 7) is 6.85. The van der Waals surface area contributed by atoms with Crippen LogP contribution in [-0.2, 0) is 25.5 Å². The Kier molecular flexibility index (Phi) is 9.98. The van der Waals surface area contributed by atoms with Crippen LogP contribution in [0.4, 0.5) is 5.69 Å². The molecule has 0 spiro atoms. The van der Waals surface area contributed by atoms with E-state index in [9.17, 15) is 19.5 Å². The lowest BCUT2D eigenvalue weighted by molar-refractivity contribution is -0.144. The van der Waals surface area contributed by atoms with Crippen molar-refractivity contribution in [3.8, 4) is 0 Å². The van der Waals surface area contributed by atoms with E-state index in [2.05, 4.69) is 24.1 Å². The van der Waals surface area contributed by atoms with Crippen LogP contribution in [0.15, 0.2) is 53.1 Å². The third-order valence-electron chi connectivity index (χ3n) is 9.59. The van der Waals surface area contributed by atoms with E-state index in [1.807, 2.05) is 29.2 Å². The number of furan rings is 1. The van der Waals surface area contributed by atoms with Crippen molar-refractivity contribution in [3.05, 3.63) is 64.9 Å². The van der Waals surface area contributed by atoms with Gasteiger partial charge in [0.1, 0.15) is 11.8 Å². The van der Waals surface area contributed by atoms with Gasteiger partial charge >= 0.3 is 5.97 Å². The lowest BCUT2D eigenvalue weighted by Gasteiger charge is -2.38. The predicted octanol–water partition coefficient (Wildman–Crippen LogP) is 5.62. The number of hydrogen-bond acceptors (Lipinski definition) is 7. The van der Waals surface area contributed by atoms with E-state index in [0.717, 1.165) is 43.3 Å². The molecule has 3 heterocycles. The summed E-state index contributed by atoms with van der Waals surface area (Å²) < 4.78 is 17.8. The summed E-state index contributed by atoms with van der Waals surface area (Å²) in [5.41, 5.74) is 2.25. The van der Waals surface area contributed by atoms with Gasteiger partial charge in [0, 0.05) is 31.1 Å². The number of amides is 2. The van der Waals surface area contributed by atoms with Crippen molar-refractivity contribution in [3.63, 3.8) is 0 Å². The quantitative estimate of drug-likeness (QED) is 0.306. The average molecular weight is 652 g/mol. The molecule has 1 aromatic heterocycles. The molecule has 10 nitrogen and oxygen atoms in total. The number of morpholine rings is 1. The van der Waals surface area contributed by atoms with Crippen molar-refractivity contribution in [1.82, 2.24) is 9.80 Å². The molecule has 6 rings (SSSR count). The average Bonchev–Trinajstić information content (AvgIpc) is 3.66. The number of hydrogen-bond donors (Lipinski definition) is 2. The minimum Gasteiger partial charge on any atom is -0.481 e. The number of likely N-dealkylation sites (tertiary alicyclic amines) is 1. The number of carboxylic acid groups (broad SMARTS) is 1. The SMILES string of the molecule is C[C@@H]1CN([C@H]2C[C@@H](COC3CCC(C(=O)O)CC3)N(C(=O)Cc3ccc(NC(=O)c4coc5ccccc45)c(Cl)c3)C2)C[C@H](C)O1. The van der Waals surface area contributed by atoms with Gasteiger partial charge in [0.15, 0.2) is 0 Å². The molecule has 2 amide bonds. The largest absolute Gasteiger partial charge is 0.481 e. The van der Waals surface area contributed by atoms with Crippen LogP contribution in [0.25, 0.3) is 11.0 Å². The van der Waals surface area contributed by atoms with E-state index in [1.165, 1.54) is 6.26 Å². The molecule has 246 valence electrons. The van der Waals surface area contributed by atoms with E-state index in [1.54, 1.807) is 18.2 Å². The second-order valence-electron chi connectivity index (χ2n) is 13.0. The molecule has 46 heavy (non-hydrogen) atoms. The molecule has 2 aromatic carbocycles. The Morgan fingerprint density at radius 2 is 1.76 bits per heavy atom. The zero-order valence-corrected chi connectivity index (χ0v) is 27.1. The van der Waals surface area contributed by atoms with Crippen molar-refractivity contribution in [2.24, 2.45) is 5.92 Å². The van der Waals surface area contributed by atoms with Crippen molar-refractivity contribution in [1.29, 1.82) is 0 Å². The first kappa shape index (κ1) is 32.5. The maximum atomic E-state index is 13.8. The third-order valence-corrected chi connectivity index (χ3v) is 9.90. The fourth-order valence-electron chi connectivity index (χ4n) is 7.25. The van der Waals surface area contributed by atoms with Crippen LogP contribution in [0.1, 0.15) is 61.9 Å². The van der Waals surface area contributed by atoms with Crippen molar-refractivity contribution < 1.29 is 33.4 Å². The van der Waals surface area contributed by atoms with E-state index in [4.69, 9.17) is 25.5 Å². The molecular formula is C35H42ClN3O7. The van der Waals surface area contributed by atoms with Gasteiger partial charge in [-0.15, -0.1) is 0 Å². The number of para-hydroxylation sites is 1. The van der Waals surface area contributed by atoms with Gasteiger partial charge in [0.05, 0.1) is 59.6 Å². The first-order chi connectivity index (χ1) is 22.1. The normalized spacial score (nSPS) is 27.2. The first-order valence-electron chi connectivity index (χ1n) is 16.2. The summed E-state index contributed by atoms with van der Waals surface area (Å²) in [4.78, 5) is 42.6. The lowest BCUT2D eigenvalue weighted by Crippen LogP contribution is -2.51. The Labute approximate surface area is 273 Å². The fourth-order valence-corrected chi connectivity index (χ4v) is 7.50. The molecule has 1 aliphatic carbocycles. The standard InChI is InChI=1S/C35H42ClN3O7/c1-21-16-38(17-22(2)46-21)25-15-26(19-44-27-10-8-24(9-11-27)35(42)43)39(18-25)33(40)14-23-7-12-31(30(36)13-23)37-34(41)29-20-45-32-6-4-3-5-28(29)32/h3-7,12-13,20-22,24-27H,8-11,14-19H2,1-2H3,(H,37,41)(H,42,43)/t21-,22+,24?,25-,26-,27?/m0/s1. The fraction of sp³-hybridized carbons (Fsp3) is 0.514. The van der Waals surface area contributed by atoms with Crippen LogP contribution < -0.4 is 5.32 Å². The molecule has 0 unspecified atom stereocenters. The Bertz CT molecular complexity index is 1560. The summed E-state index contributed by atoms with van der Waals surface area (Å²) in [7, 11) is 0. The van der Waals surface area contributed by atoms with Crippen LogP contribution in [0.5, 0.6) is 0 Å². The minimum absolute atomic E-state index is 0.00207. The molecule has 3 aromatic rings. The van der Waals surface area contributed by atoms with E-state index >= 15 is 0 Å². The minimum atomic E-state index is -0.732. The van der Waals surface area contributed by atoms with Crippen molar-refractivity contribution in [2.45, 2.75) is 82.8 Å². The molecule has 0 radical (unpaired) electrons. The topological polar surface area (TPSA) is 122 Å². The van der Waals surface area contributed by atoms with Crippen molar-refractivity contribution >= 4 is 46.0 Å². The zero-order chi connectivity index (χ0) is 32.4. The summed E-state index contributed by atoms with van der Waals surface area (Å²) in [6, 6.07) is 12.7. The molecule has 3 fully saturated rings. The maximum Gasteiger partial charge on any atom is 0.306 e. The van der Waals surface area contributed by atoms with E-state index < -0.39 is 5.97 Å². The highest BCUT2D eigenvalue weighted by Crippen LogP contribution is 2.31. The number of benzene rings is 2. The number of anilines is 1. The maximum absolute atomic E-state index is 13.8. The molecule has 2 saturated heterocycles. The Hall–Kier alpha value is -3.44. The van der Waals surface area contributed by atoms with Gasteiger partial charge in [0.25, 0.3) is 5.91 Å². The van der Waals surface area contributed by atoms with Gasteiger partial charge in [-0.3, -0.25) is 19.3 Å². The molecule has 0 bridgehead atoms. The summed E-state index contributed by atoms with van der Waals surface area (Å²) in [5.74, 6) is -1.36. The lowest BCUT2D eigenvalue weighted by atomic mass is 9.87. The van der Waals surface area contributed by atoms with Gasteiger partial charge < -0.3 is 29.2 Å². The van der Waals surface area contributed by atoms with Crippen LogP contribution in [0, 0.1) is 5.92 Å². The number of nitrogens with zero attached hydrogens (tertiary/aromatic N) is 2. The summed E-state index contributed by atoms with van der Waals surface area (Å²) in [6.07, 6.45) is 5.36. The second-order valence-corrected chi connectivity index (χ2v) is 13.4. The number of fused-ring (bicyclic) bond motifs is 1. The van der Waals surface area contributed by atoms with Gasteiger partial charge in [-0.25, -0.2) is 0 Å². The highest BCUT2D eigenvalue weighted by atomic mass is 35.5. The molecule has 1 saturated carbocycles. The van der Waals surface area contributed by atoms with Crippen LogP contribution in [0.2, 0.25) is 5.02 Å². The molecule has 2 aliphatic heterocycles. The van der Waals surface area contributed by atoms with Gasteiger partial charge in [0.2, 0.25) is 5.91 Å². The summed E-state index contributed by atoms with van der Waals surface area (Å²) in [5, 5.41) is 13.3. The molecule has 11 heteroatoms. The number of aliphatic carboxylic acids is 1. The smallest absolute Gasteiger partial charge is 0.306 e. The number of nitrogens with one attached hydrogen (secondary N) is 1. The summed E-state index contributed by atoms with van der Waals surface area (Å²) >= 11 is 6.60. The van der Waals surface area contributed by atoms with Crippen LogP contribution in [0.3, 0.4) is 0 Å². The zero-order valence-electron chi connectivity index (χ0n) is 26.3. The number of carbonyl (C=O) groups excluding carboxylic acids is 2. The molecule has 3 aliphatic rings. The van der Waals surface area contributed by atoms with Crippen LogP contribution in [-0.4, -0.2) is 89.3 Å². The second kappa shape index (κ2) is 14.1. The van der Waals surface area contributed by atoms with Gasteiger partial charge in [-0.05, 0) is 69.7 Å². The molecule has 4 atom stereocenters. The number of halogens is 1. The predicted molar refractivity (Wildman–Crippen MR) is 174 cm³/mol. The molecule has 2 N–H and O–H groups in total. The number of carboxylic acids is 1. The van der Waals surface area contributed by atoms with Gasteiger partial charge in [-0.2, -0.15) is 0 Å². The first-order valence-corrected chi connectivity index (χ1v) is 16.6. The third kappa shape index (κ3) is 7.41. The number of ether oxygens (including phenoxy) is 2. The number of rotatable bonds is 9. The Balaban J connectivity index is 1.11. The van der Waals surface area contributed by atoms with Gasteiger partial charge in [-0.1, -0.05) is 35.9 Å². The molecular weight excluding hydrogens is 610 g/mol. The Morgan fingerprint density at radius 3 is 2.48 bits per heavy atom. The monoisotopic (exact) mass is 651 g/mol. The van der Waals surface area contributed by atoms with Crippen molar-refractivity contribution in [2.75, 3.05) is 31.6 Å². The highest BCUT2D eigenvalue weighted by Gasteiger charge is 2.40. The van der Waals surface area contributed by atoms with E-state index in [0.29, 0.717) is 47.8 Å². The number of carbonyl (C=O) groups is 3. The van der Waals surface area contributed by atoms with Crippen LogP contribution >= 0.6 is 11.6 Å².